The van der Waals surface area contributed by atoms with Gasteiger partial charge < -0.3 is 10.1 Å². The Balaban J connectivity index is 2.32. The zero-order chi connectivity index (χ0) is 13.0. The number of aromatic nitrogens is 1. The Morgan fingerprint density at radius 1 is 1.28 bits per heavy atom. The van der Waals surface area contributed by atoms with Crippen molar-refractivity contribution in [1.82, 2.24) is 10.3 Å². The molecule has 0 bridgehead atoms. The van der Waals surface area contributed by atoms with E-state index in [1.54, 1.807) is 13.3 Å². The summed E-state index contributed by atoms with van der Waals surface area (Å²) in [6.07, 6.45) is 1.69. The molecule has 0 amide bonds. The van der Waals surface area contributed by atoms with Crippen molar-refractivity contribution in [1.29, 1.82) is 0 Å². The Hall–Kier alpha value is -1.58. The molecule has 0 spiro atoms. The number of benzene rings is 1. The number of nitrogens with one attached hydrogen (secondary N) is 1. The van der Waals surface area contributed by atoms with Crippen LogP contribution in [0.1, 0.15) is 5.56 Å². The van der Waals surface area contributed by atoms with Crippen LogP contribution in [0.2, 0.25) is 5.02 Å². The molecule has 0 aliphatic carbocycles. The quantitative estimate of drug-likeness (QED) is 0.919. The second-order valence-corrected chi connectivity index (χ2v) is 4.33. The molecule has 0 atom stereocenters. The highest BCUT2D eigenvalue weighted by atomic mass is 35.5. The largest absolute Gasteiger partial charge is 0.495 e. The maximum atomic E-state index is 6.27. The van der Waals surface area contributed by atoms with Crippen LogP contribution in [0.25, 0.3) is 11.3 Å². The summed E-state index contributed by atoms with van der Waals surface area (Å²) in [7, 11) is 3.53. The lowest BCUT2D eigenvalue weighted by atomic mass is 10.1. The lowest BCUT2D eigenvalue weighted by Crippen LogP contribution is -2.04. The van der Waals surface area contributed by atoms with Gasteiger partial charge in [0.15, 0.2) is 0 Å². The molecule has 0 saturated carbocycles. The molecule has 1 N–H and O–H groups in total. The molecule has 0 aliphatic heterocycles. The Morgan fingerprint density at radius 2 is 2.11 bits per heavy atom. The van der Waals surface area contributed by atoms with Crippen molar-refractivity contribution in [2.75, 3.05) is 14.2 Å². The first kappa shape index (κ1) is 12.9. The van der Waals surface area contributed by atoms with E-state index in [9.17, 15) is 0 Å². The van der Waals surface area contributed by atoms with E-state index in [1.807, 2.05) is 37.4 Å². The first-order valence-electron chi connectivity index (χ1n) is 5.68. The van der Waals surface area contributed by atoms with Gasteiger partial charge in [0.05, 0.1) is 24.0 Å². The fourth-order valence-corrected chi connectivity index (χ4v) is 2.04. The number of methoxy groups -OCH3 is 1. The number of rotatable bonds is 4. The van der Waals surface area contributed by atoms with E-state index in [-0.39, 0.29) is 0 Å². The number of pyridine rings is 1. The molecule has 1 heterocycles. The zero-order valence-corrected chi connectivity index (χ0v) is 11.2. The average Bonchev–Trinajstić information content (AvgIpc) is 2.40. The first-order chi connectivity index (χ1) is 8.74. The highest BCUT2D eigenvalue weighted by Gasteiger charge is 2.06. The third-order valence-electron chi connectivity index (χ3n) is 2.66. The van der Waals surface area contributed by atoms with E-state index in [0.29, 0.717) is 5.02 Å². The van der Waals surface area contributed by atoms with Gasteiger partial charge in [-0.05, 0) is 30.8 Å². The Bertz CT molecular complexity index is 526. The van der Waals surface area contributed by atoms with Crippen LogP contribution >= 0.6 is 11.6 Å². The van der Waals surface area contributed by atoms with Gasteiger partial charge in [-0.15, -0.1) is 0 Å². The topological polar surface area (TPSA) is 34.1 Å². The van der Waals surface area contributed by atoms with Gasteiger partial charge in [0.1, 0.15) is 5.75 Å². The van der Waals surface area contributed by atoms with Crippen LogP contribution in [-0.4, -0.2) is 19.1 Å². The van der Waals surface area contributed by atoms with Gasteiger partial charge in [0.25, 0.3) is 0 Å². The maximum absolute atomic E-state index is 6.27. The maximum Gasteiger partial charge on any atom is 0.137 e. The predicted octanol–water partition coefficient (Wildman–Crippen LogP) is 3.13. The van der Waals surface area contributed by atoms with Crippen molar-refractivity contribution in [3.63, 3.8) is 0 Å². The van der Waals surface area contributed by atoms with Crippen molar-refractivity contribution in [3.8, 4) is 17.0 Å². The van der Waals surface area contributed by atoms with Crippen molar-refractivity contribution in [3.05, 3.63) is 47.1 Å². The molecule has 1 aromatic carbocycles. The molecule has 0 unspecified atom stereocenters. The highest BCUT2D eigenvalue weighted by molar-refractivity contribution is 6.33. The van der Waals surface area contributed by atoms with E-state index in [1.165, 1.54) is 0 Å². The van der Waals surface area contributed by atoms with Crippen molar-refractivity contribution >= 4 is 11.6 Å². The highest BCUT2D eigenvalue weighted by Crippen LogP contribution is 2.28. The van der Waals surface area contributed by atoms with Crippen LogP contribution in [0.15, 0.2) is 36.5 Å². The van der Waals surface area contributed by atoms with Crippen LogP contribution in [0.5, 0.6) is 5.75 Å². The van der Waals surface area contributed by atoms with Gasteiger partial charge in [0.2, 0.25) is 0 Å². The Morgan fingerprint density at radius 3 is 2.67 bits per heavy atom. The number of nitrogens with zero attached hydrogens (tertiary/aromatic N) is 1. The summed E-state index contributed by atoms with van der Waals surface area (Å²) < 4.78 is 5.08. The summed E-state index contributed by atoms with van der Waals surface area (Å²) in [5, 5.41) is 3.80. The fraction of sp³-hybridized carbons (Fsp3) is 0.214. The molecule has 2 rings (SSSR count). The first-order valence-corrected chi connectivity index (χ1v) is 6.06. The van der Waals surface area contributed by atoms with Gasteiger partial charge in [-0.3, -0.25) is 4.98 Å². The van der Waals surface area contributed by atoms with Gasteiger partial charge in [-0.25, -0.2) is 0 Å². The Kier molecular flexibility index (Phi) is 4.18. The number of hydrogen-bond donors (Lipinski definition) is 1. The molecular weight excluding hydrogens is 248 g/mol. The van der Waals surface area contributed by atoms with Crippen LogP contribution < -0.4 is 10.1 Å². The number of halogens is 1. The van der Waals surface area contributed by atoms with Crippen LogP contribution in [0.3, 0.4) is 0 Å². The van der Waals surface area contributed by atoms with Gasteiger partial charge in [-0.1, -0.05) is 23.7 Å². The van der Waals surface area contributed by atoms with Gasteiger partial charge in [0, 0.05) is 12.1 Å². The summed E-state index contributed by atoms with van der Waals surface area (Å²) in [6, 6.07) is 9.77. The lowest BCUT2D eigenvalue weighted by Gasteiger charge is -2.07. The third kappa shape index (κ3) is 2.81. The molecule has 3 nitrogen and oxygen atoms in total. The van der Waals surface area contributed by atoms with E-state index in [2.05, 4.69) is 10.3 Å². The molecule has 2 aromatic rings. The summed E-state index contributed by atoms with van der Waals surface area (Å²) in [5.74, 6) is 0.738. The van der Waals surface area contributed by atoms with Crippen LogP contribution in [0, 0.1) is 0 Å². The number of hydrogen-bond acceptors (Lipinski definition) is 3. The van der Waals surface area contributed by atoms with Crippen molar-refractivity contribution < 1.29 is 4.74 Å². The van der Waals surface area contributed by atoms with Crippen molar-refractivity contribution in [2.45, 2.75) is 6.54 Å². The van der Waals surface area contributed by atoms with Gasteiger partial charge >= 0.3 is 0 Å². The normalized spacial score (nSPS) is 10.4. The predicted molar refractivity (Wildman–Crippen MR) is 74.0 cm³/mol. The van der Waals surface area contributed by atoms with Crippen LogP contribution in [-0.2, 0) is 6.54 Å². The molecule has 0 aliphatic rings. The minimum atomic E-state index is 0.709. The monoisotopic (exact) mass is 262 g/mol. The summed E-state index contributed by atoms with van der Waals surface area (Å²) in [6.45, 7) is 0.802. The minimum absolute atomic E-state index is 0.709. The van der Waals surface area contributed by atoms with E-state index in [0.717, 1.165) is 29.1 Å². The third-order valence-corrected chi connectivity index (χ3v) is 2.98. The standard InChI is InChI=1S/C14H15ClN2O/c1-16-8-10-3-5-12(13(15)7-10)14-6-4-11(18-2)9-17-14/h3-7,9,16H,8H2,1-2H3. The molecule has 18 heavy (non-hydrogen) atoms. The van der Waals surface area contributed by atoms with E-state index in [4.69, 9.17) is 16.3 Å². The molecule has 0 saturated heterocycles. The smallest absolute Gasteiger partial charge is 0.137 e. The summed E-state index contributed by atoms with van der Waals surface area (Å²) in [5.41, 5.74) is 2.93. The van der Waals surface area contributed by atoms with Crippen molar-refractivity contribution in [2.24, 2.45) is 0 Å². The van der Waals surface area contributed by atoms with Gasteiger partial charge in [-0.2, -0.15) is 0 Å². The summed E-state index contributed by atoms with van der Waals surface area (Å²) in [4.78, 5) is 4.33. The SMILES string of the molecule is CNCc1ccc(-c2ccc(OC)cn2)c(Cl)c1. The van der Waals surface area contributed by atoms with E-state index >= 15 is 0 Å². The molecular formula is C14H15ClN2O. The minimum Gasteiger partial charge on any atom is -0.495 e. The zero-order valence-electron chi connectivity index (χ0n) is 10.4. The fourth-order valence-electron chi connectivity index (χ4n) is 1.74. The molecule has 4 heteroatoms. The lowest BCUT2D eigenvalue weighted by molar-refractivity contribution is 0.413. The summed E-state index contributed by atoms with van der Waals surface area (Å²) >= 11 is 6.27. The van der Waals surface area contributed by atoms with Crippen LogP contribution in [0.4, 0.5) is 0 Å². The molecule has 94 valence electrons. The Labute approximate surface area is 112 Å². The second kappa shape index (κ2) is 5.85. The second-order valence-electron chi connectivity index (χ2n) is 3.93. The molecule has 0 radical (unpaired) electrons. The average molecular weight is 263 g/mol. The van der Waals surface area contributed by atoms with E-state index < -0.39 is 0 Å². The number of ether oxygens (including phenoxy) is 1. The molecule has 0 fully saturated rings. The molecule has 1 aromatic heterocycles.